The van der Waals surface area contributed by atoms with Crippen molar-refractivity contribution in [3.63, 3.8) is 0 Å². The Kier molecular flexibility index (Phi) is 6.72. The summed E-state index contributed by atoms with van der Waals surface area (Å²) in [7, 11) is 0. The molecular formula is C26H25N3O3. The molecule has 6 nitrogen and oxygen atoms in total. The molecule has 1 atom stereocenters. The molecule has 32 heavy (non-hydrogen) atoms. The summed E-state index contributed by atoms with van der Waals surface area (Å²) in [5, 5.41) is 4.96. The lowest BCUT2D eigenvalue weighted by Crippen LogP contribution is -2.17. The summed E-state index contributed by atoms with van der Waals surface area (Å²) in [4.78, 5) is 29.0. The van der Waals surface area contributed by atoms with E-state index in [1.54, 1.807) is 24.0 Å². The molecule has 4 rings (SSSR count). The molecule has 0 aliphatic heterocycles. The van der Waals surface area contributed by atoms with Crippen LogP contribution in [0.15, 0.2) is 85.3 Å². The number of hydrogen-bond donors (Lipinski definition) is 1. The fourth-order valence-corrected chi connectivity index (χ4v) is 3.67. The standard InChI is InChI=1S/C26H25N3O3/c1-19(30)26(23-12-11-21-9-5-6-10-22(21)15-23)29-16-24(27-18-29)28-25(31)13-14-32-17-20-7-3-2-4-8-20/h2-12,15-16,18,26H,13-14,17H2,1H3,(H,28,31). The zero-order chi connectivity index (χ0) is 22.3. The molecule has 0 radical (unpaired) electrons. The van der Waals surface area contributed by atoms with Crippen LogP contribution in [0.2, 0.25) is 0 Å². The quantitative estimate of drug-likeness (QED) is 0.391. The van der Waals surface area contributed by atoms with Gasteiger partial charge in [-0.3, -0.25) is 9.59 Å². The molecular weight excluding hydrogens is 402 g/mol. The summed E-state index contributed by atoms with van der Waals surface area (Å²) in [5.74, 6) is 0.211. The largest absolute Gasteiger partial charge is 0.376 e. The number of ketones is 1. The number of amides is 1. The van der Waals surface area contributed by atoms with Gasteiger partial charge in [-0.25, -0.2) is 4.98 Å². The zero-order valence-electron chi connectivity index (χ0n) is 17.9. The monoisotopic (exact) mass is 427 g/mol. The van der Waals surface area contributed by atoms with Crippen molar-refractivity contribution in [3.05, 3.63) is 96.4 Å². The van der Waals surface area contributed by atoms with Gasteiger partial charge in [0.25, 0.3) is 0 Å². The fraction of sp³-hybridized carbons (Fsp3) is 0.192. The highest BCUT2D eigenvalue weighted by Crippen LogP contribution is 2.25. The van der Waals surface area contributed by atoms with Crippen LogP contribution in [-0.4, -0.2) is 27.8 Å². The molecule has 0 saturated heterocycles. The number of hydrogen-bond acceptors (Lipinski definition) is 4. The molecule has 0 aliphatic rings. The van der Waals surface area contributed by atoms with E-state index in [1.165, 1.54) is 0 Å². The number of rotatable bonds is 9. The minimum Gasteiger partial charge on any atom is -0.376 e. The maximum atomic E-state index is 12.5. The lowest BCUT2D eigenvalue weighted by Gasteiger charge is -2.16. The van der Waals surface area contributed by atoms with E-state index < -0.39 is 6.04 Å². The number of imidazole rings is 1. The first-order valence-corrected chi connectivity index (χ1v) is 10.5. The number of carbonyl (C=O) groups excluding carboxylic acids is 2. The predicted molar refractivity (Wildman–Crippen MR) is 124 cm³/mol. The van der Waals surface area contributed by atoms with Gasteiger partial charge in [-0.2, -0.15) is 0 Å². The van der Waals surface area contributed by atoms with Crippen LogP contribution in [0.1, 0.15) is 30.5 Å². The van der Waals surface area contributed by atoms with E-state index in [-0.39, 0.29) is 18.1 Å². The zero-order valence-corrected chi connectivity index (χ0v) is 17.9. The van der Waals surface area contributed by atoms with E-state index in [2.05, 4.69) is 10.3 Å². The minimum absolute atomic E-state index is 0.00938. The number of benzene rings is 3. The summed E-state index contributed by atoms with van der Waals surface area (Å²) < 4.78 is 7.29. The van der Waals surface area contributed by atoms with Gasteiger partial charge in [0.2, 0.25) is 5.91 Å². The van der Waals surface area contributed by atoms with E-state index in [9.17, 15) is 9.59 Å². The van der Waals surface area contributed by atoms with E-state index in [0.717, 1.165) is 21.9 Å². The highest BCUT2D eigenvalue weighted by molar-refractivity contribution is 5.90. The Balaban J connectivity index is 1.37. The highest BCUT2D eigenvalue weighted by atomic mass is 16.5. The van der Waals surface area contributed by atoms with Crippen molar-refractivity contribution in [2.75, 3.05) is 11.9 Å². The van der Waals surface area contributed by atoms with Crippen molar-refractivity contribution in [2.45, 2.75) is 26.0 Å². The number of ether oxygens (including phenoxy) is 1. The third-order valence-corrected chi connectivity index (χ3v) is 5.23. The van der Waals surface area contributed by atoms with Crippen LogP contribution in [0.25, 0.3) is 10.8 Å². The van der Waals surface area contributed by atoms with Crippen LogP contribution in [0.3, 0.4) is 0 Å². The summed E-state index contributed by atoms with van der Waals surface area (Å²) in [6.07, 6.45) is 3.48. The topological polar surface area (TPSA) is 73.2 Å². The molecule has 6 heteroatoms. The molecule has 1 unspecified atom stereocenters. The maximum Gasteiger partial charge on any atom is 0.227 e. The van der Waals surface area contributed by atoms with Crippen molar-refractivity contribution >= 4 is 28.3 Å². The third kappa shape index (κ3) is 5.28. The molecule has 1 N–H and O–H groups in total. The summed E-state index contributed by atoms with van der Waals surface area (Å²) in [5.41, 5.74) is 1.94. The average molecular weight is 428 g/mol. The van der Waals surface area contributed by atoms with Crippen LogP contribution in [0, 0.1) is 0 Å². The van der Waals surface area contributed by atoms with Crippen LogP contribution in [0.5, 0.6) is 0 Å². The van der Waals surface area contributed by atoms with Crippen LogP contribution in [-0.2, 0) is 20.9 Å². The molecule has 0 spiro atoms. The lowest BCUT2D eigenvalue weighted by molar-refractivity contribution is -0.119. The van der Waals surface area contributed by atoms with E-state index in [1.807, 2.05) is 72.8 Å². The van der Waals surface area contributed by atoms with Crippen LogP contribution < -0.4 is 5.32 Å². The van der Waals surface area contributed by atoms with Crippen LogP contribution in [0.4, 0.5) is 5.82 Å². The van der Waals surface area contributed by atoms with Crippen molar-refractivity contribution < 1.29 is 14.3 Å². The van der Waals surface area contributed by atoms with Gasteiger partial charge in [-0.05, 0) is 34.9 Å². The molecule has 4 aromatic rings. The van der Waals surface area contributed by atoms with E-state index in [4.69, 9.17) is 4.74 Å². The fourth-order valence-electron chi connectivity index (χ4n) is 3.67. The first-order valence-electron chi connectivity index (χ1n) is 10.5. The highest BCUT2D eigenvalue weighted by Gasteiger charge is 2.20. The SMILES string of the molecule is CC(=O)C(c1ccc2ccccc2c1)n1cnc(NC(=O)CCOCc2ccccc2)c1. The van der Waals surface area contributed by atoms with E-state index in [0.29, 0.717) is 19.0 Å². The van der Waals surface area contributed by atoms with Crippen molar-refractivity contribution in [2.24, 2.45) is 0 Å². The van der Waals surface area contributed by atoms with Gasteiger partial charge in [0.1, 0.15) is 6.04 Å². The predicted octanol–water partition coefficient (Wildman–Crippen LogP) is 4.76. The second kappa shape index (κ2) is 10.0. The third-order valence-electron chi connectivity index (χ3n) is 5.23. The van der Waals surface area contributed by atoms with Crippen molar-refractivity contribution in [1.29, 1.82) is 0 Å². The molecule has 1 heterocycles. The van der Waals surface area contributed by atoms with Gasteiger partial charge >= 0.3 is 0 Å². The minimum atomic E-state index is -0.507. The van der Waals surface area contributed by atoms with Gasteiger partial charge in [-0.15, -0.1) is 0 Å². The Labute approximate surface area is 186 Å². The van der Waals surface area contributed by atoms with Crippen LogP contribution >= 0.6 is 0 Å². The van der Waals surface area contributed by atoms with Gasteiger partial charge in [-0.1, -0.05) is 66.7 Å². The Morgan fingerprint density at radius 3 is 2.53 bits per heavy atom. The number of anilines is 1. The number of Topliss-reactive ketones (excluding diaryl/α,β-unsaturated/α-hetero) is 1. The summed E-state index contributed by atoms with van der Waals surface area (Å²) in [6.45, 7) is 2.34. The second-order valence-corrected chi connectivity index (χ2v) is 7.66. The first-order chi connectivity index (χ1) is 15.6. The first kappa shape index (κ1) is 21.5. The lowest BCUT2D eigenvalue weighted by atomic mass is 9.99. The molecule has 0 fully saturated rings. The number of fused-ring (bicyclic) bond motifs is 1. The Morgan fingerprint density at radius 1 is 1.00 bits per heavy atom. The van der Waals surface area contributed by atoms with Gasteiger partial charge in [0, 0.05) is 6.20 Å². The molecule has 162 valence electrons. The van der Waals surface area contributed by atoms with Gasteiger partial charge in [0.15, 0.2) is 11.6 Å². The van der Waals surface area contributed by atoms with E-state index >= 15 is 0 Å². The number of aromatic nitrogens is 2. The molecule has 0 aliphatic carbocycles. The number of nitrogens with one attached hydrogen (secondary N) is 1. The molecule has 1 amide bonds. The average Bonchev–Trinajstić information content (AvgIpc) is 3.25. The number of carbonyl (C=O) groups is 2. The molecule has 1 aromatic heterocycles. The van der Waals surface area contributed by atoms with Gasteiger partial charge in [0.05, 0.1) is 26.0 Å². The van der Waals surface area contributed by atoms with Crippen molar-refractivity contribution in [3.8, 4) is 0 Å². The summed E-state index contributed by atoms with van der Waals surface area (Å²) >= 11 is 0. The molecule has 0 saturated carbocycles. The summed E-state index contributed by atoms with van der Waals surface area (Å²) in [6, 6.07) is 23.3. The smallest absolute Gasteiger partial charge is 0.227 e. The normalized spacial score (nSPS) is 11.9. The maximum absolute atomic E-state index is 12.5. The Bertz CT molecular complexity index is 1220. The second-order valence-electron chi connectivity index (χ2n) is 7.66. The van der Waals surface area contributed by atoms with Crippen molar-refractivity contribution in [1.82, 2.24) is 9.55 Å². The molecule has 3 aromatic carbocycles. The Morgan fingerprint density at radius 2 is 1.75 bits per heavy atom. The molecule has 0 bridgehead atoms. The Hall–Kier alpha value is -3.77. The number of nitrogens with zero attached hydrogens (tertiary/aromatic N) is 2. The van der Waals surface area contributed by atoms with Gasteiger partial charge < -0.3 is 14.6 Å².